The Morgan fingerprint density at radius 2 is 2.22 bits per heavy atom. The van der Waals surface area contributed by atoms with Crippen molar-refractivity contribution in [1.82, 2.24) is 4.98 Å². The molecular formula is C10H11BrN2O5. The first-order chi connectivity index (χ1) is 8.38. The molecule has 7 nitrogen and oxygen atoms in total. The Morgan fingerprint density at radius 3 is 2.72 bits per heavy atom. The molecule has 0 aromatic carbocycles. The molecule has 1 atom stereocenters. The third-order valence-corrected chi connectivity index (χ3v) is 3.01. The van der Waals surface area contributed by atoms with E-state index in [1.807, 2.05) is 0 Å². The summed E-state index contributed by atoms with van der Waals surface area (Å²) >= 11 is 3.14. The van der Waals surface area contributed by atoms with Gasteiger partial charge >= 0.3 is 11.7 Å². The van der Waals surface area contributed by atoms with E-state index < -0.39 is 17.0 Å². The highest BCUT2D eigenvalue weighted by molar-refractivity contribution is 9.10. The molecule has 0 N–H and O–H groups in total. The van der Waals surface area contributed by atoms with E-state index in [-0.39, 0.29) is 11.6 Å². The van der Waals surface area contributed by atoms with Crippen molar-refractivity contribution in [2.24, 2.45) is 0 Å². The first-order valence-corrected chi connectivity index (χ1v) is 5.71. The van der Waals surface area contributed by atoms with Crippen LogP contribution in [0.25, 0.3) is 0 Å². The Hall–Kier alpha value is -1.70. The van der Waals surface area contributed by atoms with Gasteiger partial charge in [0.1, 0.15) is 0 Å². The average molecular weight is 319 g/mol. The molecule has 0 bridgehead atoms. The standard InChI is InChI=1S/C10H11BrN2O5/c1-5-7(11)4-12-9(8(5)13(15)16)18-6(2)10(14)17-3/h4,6H,1-3H3. The molecule has 0 amide bonds. The molecule has 98 valence electrons. The van der Waals surface area contributed by atoms with Gasteiger partial charge in [0.05, 0.1) is 12.0 Å². The van der Waals surface area contributed by atoms with Crippen LogP contribution in [-0.2, 0) is 9.53 Å². The van der Waals surface area contributed by atoms with Crippen molar-refractivity contribution in [2.75, 3.05) is 7.11 Å². The fourth-order valence-electron chi connectivity index (χ4n) is 1.23. The topological polar surface area (TPSA) is 91.6 Å². The molecule has 0 saturated heterocycles. The minimum atomic E-state index is -0.971. The maximum absolute atomic E-state index is 11.2. The van der Waals surface area contributed by atoms with Crippen LogP contribution in [0.5, 0.6) is 5.88 Å². The summed E-state index contributed by atoms with van der Waals surface area (Å²) in [6, 6.07) is 0. The van der Waals surface area contributed by atoms with Crippen LogP contribution in [0.2, 0.25) is 0 Å². The number of hydrogen-bond donors (Lipinski definition) is 0. The van der Waals surface area contributed by atoms with Crippen LogP contribution in [0.1, 0.15) is 12.5 Å². The lowest BCUT2D eigenvalue weighted by Gasteiger charge is -2.12. The number of carbonyl (C=O) groups excluding carboxylic acids is 1. The first kappa shape index (κ1) is 14.4. The Morgan fingerprint density at radius 1 is 1.61 bits per heavy atom. The molecule has 0 spiro atoms. The van der Waals surface area contributed by atoms with E-state index in [9.17, 15) is 14.9 Å². The van der Waals surface area contributed by atoms with E-state index in [0.717, 1.165) is 0 Å². The molecule has 0 aliphatic rings. The van der Waals surface area contributed by atoms with E-state index >= 15 is 0 Å². The molecular weight excluding hydrogens is 308 g/mol. The van der Waals surface area contributed by atoms with Gasteiger partial charge in [-0.05, 0) is 29.8 Å². The number of methoxy groups -OCH3 is 1. The normalized spacial score (nSPS) is 11.8. The van der Waals surface area contributed by atoms with Crippen molar-refractivity contribution in [3.8, 4) is 5.88 Å². The summed E-state index contributed by atoms with van der Waals surface area (Å²) in [6.45, 7) is 2.98. The van der Waals surface area contributed by atoms with E-state index in [0.29, 0.717) is 10.0 Å². The van der Waals surface area contributed by atoms with Gasteiger partial charge < -0.3 is 9.47 Å². The number of nitro groups is 1. The van der Waals surface area contributed by atoms with E-state index in [1.54, 1.807) is 6.92 Å². The predicted molar refractivity (Wildman–Crippen MR) is 65.4 cm³/mol. The van der Waals surface area contributed by atoms with Crippen molar-refractivity contribution in [2.45, 2.75) is 20.0 Å². The fourth-order valence-corrected chi connectivity index (χ4v) is 1.52. The highest BCUT2D eigenvalue weighted by atomic mass is 79.9. The van der Waals surface area contributed by atoms with Gasteiger partial charge in [0, 0.05) is 16.2 Å². The largest absolute Gasteiger partial charge is 0.466 e. The maximum Gasteiger partial charge on any atom is 0.346 e. The average Bonchev–Trinajstić information content (AvgIpc) is 2.32. The summed E-state index contributed by atoms with van der Waals surface area (Å²) in [4.78, 5) is 25.4. The molecule has 0 saturated carbocycles. The number of ether oxygens (including phenoxy) is 2. The summed E-state index contributed by atoms with van der Waals surface area (Å²) in [7, 11) is 1.21. The summed E-state index contributed by atoms with van der Waals surface area (Å²) in [5.41, 5.74) is 0.0993. The number of rotatable bonds is 4. The first-order valence-electron chi connectivity index (χ1n) is 4.92. The monoisotopic (exact) mass is 318 g/mol. The molecule has 0 radical (unpaired) electrons. The van der Waals surface area contributed by atoms with Crippen LogP contribution in [0.4, 0.5) is 5.69 Å². The molecule has 0 fully saturated rings. The number of nitrogens with zero attached hydrogens (tertiary/aromatic N) is 2. The lowest BCUT2D eigenvalue weighted by Crippen LogP contribution is -2.25. The second-order valence-electron chi connectivity index (χ2n) is 3.43. The summed E-state index contributed by atoms with van der Waals surface area (Å²) < 4.78 is 10.1. The third-order valence-electron chi connectivity index (χ3n) is 2.22. The number of esters is 1. The van der Waals surface area contributed by atoms with E-state index in [4.69, 9.17) is 4.74 Å². The number of carbonyl (C=O) groups is 1. The SMILES string of the molecule is COC(=O)C(C)Oc1ncc(Br)c(C)c1[N+](=O)[O-]. The van der Waals surface area contributed by atoms with Crippen LogP contribution in [0.3, 0.4) is 0 Å². The zero-order valence-corrected chi connectivity index (χ0v) is 11.6. The molecule has 0 aliphatic carbocycles. The van der Waals surface area contributed by atoms with Crippen LogP contribution in [0, 0.1) is 17.0 Å². The van der Waals surface area contributed by atoms with Crippen molar-refractivity contribution in [3.63, 3.8) is 0 Å². The molecule has 1 rings (SSSR count). The zero-order chi connectivity index (χ0) is 13.9. The lowest BCUT2D eigenvalue weighted by atomic mass is 10.2. The molecule has 1 aromatic heterocycles. The smallest absolute Gasteiger partial charge is 0.346 e. The second-order valence-corrected chi connectivity index (χ2v) is 4.28. The van der Waals surface area contributed by atoms with Gasteiger partial charge in [-0.3, -0.25) is 10.1 Å². The molecule has 1 aromatic rings. The quantitative estimate of drug-likeness (QED) is 0.479. The highest BCUT2D eigenvalue weighted by Gasteiger charge is 2.26. The number of halogens is 1. The number of aromatic nitrogens is 1. The molecule has 18 heavy (non-hydrogen) atoms. The van der Waals surface area contributed by atoms with Crippen LogP contribution in [0.15, 0.2) is 10.7 Å². The summed E-state index contributed by atoms with van der Waals surface area (Å²) in [5, 5.41) is 11.0. The maximum atomic E-state index is 11.2. The Labute approximate surface area is 111 Å². The Bertz CT molecular complexity index is 491. The number of pyridine rings is 1. The van der Waals surface area contributed by atoms with Crippen molar-refractivity contribution < 1.29 is 19.2 Å². The highest BCUT2D eigenvalue weighted by Crippen LogP contribution is 2.33. The number of hydrogen-bond acceptors (Lipinski definition) is 6. The van der Waals surface area contributed by atoms with E-state index in [1.165, 1.54) is 20.2 Å². The van der Waals surface area contributed by atoms with Crippen molar-refractivity contribution >= 4 is 27.6 Å². The molecule has 1 unspecified atom stereocenters. The lowest BCUT2D eigenvalue weighted by molar-refractivity contribution is -0.387. The predicted octanol–water partition coefficient (Wildman–Crippen LogP) is 2.00. The van der Waals surface area contributed by atoms with Crippen LogP contribution >= 0.6 is 15.9 Å². The van der Waals surface area contributed by atoms with E-state index in [2.05, 4.69) is 25.7 Å². The minimum absolute atomic E-state index is 0.210. The van der Waals surface area contributed by atoms with Crippen molar-refractivity contribution in [1.29, 1.82) is 0 Å². The van der Waals surface area contributed by atoms with Gasteiger partial charge in [0.2, 0.25) is 0 Å². The molecule has 0 aliphatic heterocycles. The zero-order valence-electron chi connectivity index (χ0n) is 9.97. The minimum Gasteiger partial charge on any atom is -0.466 e. The fraction of sp³-hybridized carbons (Fsp3) is 0.400. The summed E-state index contributed by atoms with van der Waals surface area (Å²) in [5.74, 6) is -0.842. The van der Waals surface area contributed by atoms with Gasteiger partial charge in [-0.25, -0.2) is 9.78 Å². The molecule has 8 heteroatoms. The molecule has 1 heterocycles. The summed E-state index contributed by atoms with van der Waals surface area (Å²) in [6.07, 6.45) is 0.406. The van der Waals surface area contributed by atoms with Crippen molar-refractivity contribution in [3.05, 3.63) is 26.3 Å². The van der Waals surface area contributed by atoms with Gasteiger partial charge in [0.25, 0.3) is 5.88 Å². The third kappa shape index (κ3) is 2.95. The van der Waals surface area contributed by atoms with Gasteiger partial charge in [-0.2, -0.15) is 0 Å². The Balaban J connectivity index is 3.13. The van der Waals surface area contributed by atoms with Crippen LogP contribution < -0.4 is 4.74 Å². The van der Waals surface area contributed by atoms with Gasteiger partial charge in [0.15, 0.2) is 6.10 Å². The van der Waals surface area contributed by atoms with Gasteiger partial charge in [-0.15, -0.1) is 0 Å². The van der Waals surface area contributed by atoms with Crippen LogP contribution in [-0.4, -0.2) is 29.1 Å². The Kier molecular flexibility index (Phi) is 4.60. The van der Waals surface area contributed by atoms with Gasteiger partial charge in [-0.1, -0.05) is 0 Å². The second kappa shape index (κ2) is 5.76.